The molecule has 0 unspecified atom stereocenters. The van der Waals surface area contributed by atoms with E-state index >= 15 is 0 Å². The van der Waals surface area contributed by atoms with Crippen LogP contribution in [0.4, 0.5) is 15.9 Å². The first kappa shape index (κ1) is 20.6. The highest BCUT2D eigenvalue weighted by atomic mass is 35.5. The van der Waals surface area contributed by atoms with Gasteiger partial charge in [0.15, 0.2) is 11.5 Å². The van der Waals surface area contributed by atoms with Crippen LogP contribution in [0.25, 0.3) is 10.9 Å². The summed E-state index contributed by atoms with van der Waals surface area (Å²) in [7, 11) is 1.60. The first-order chi connectivity index (χ1) is 14.6. The third-order valence-electron chi connectivity index (χ3n) is 4.98. The van der Waals surface area contributed by atoms with E-state index in [0.29, 0.717) is 35.1 Å². The second-order valence-corrected chi connectivity index (χ2v) is 7.34. The zero-order valence-corrected chi connectivity index (χ0v) is 17.4. The van der Waals surface area contributed by atoms with Gasteiger partial charge in [-0.05, 0) is 24.3 Å². The molecular weight excluding hydrogens is 409 g/mol. The minimum absolute atomic E-state index is 0.0389. The molecule has 2 heterocycles. The molecule has 9 heteroatoms. The lowest BCUT2D eigenvalue weighted by Gasteiger charge is -2.27. The van der Waals surface area contributed by atoms with E-state index in [-0.39, 0.29) is 5.02 Å². The summed E-state index contributed by atoms with van der Waals surface area (Å²) in [6, 6.07) is 8.10. The maximum atomic E-state index is 13.5. The van der Waals surface area contributed by atoms with Crippen molar-refractivity contribution in [3.05, 3.63) is 47.5 Å². The number of aromatic nitrogens is 2. The van der Waals surface area contributed by atoms with Crippen LogP contribution < -0.4 is 20.1 Å². The molecule has 30 heavy (non-hydrogen) atoms. The van der Waals surface area contributed by atoms with Crippen molar-refractivity contribution in [2.45, 2.75) is 0 Å². The summed E-state index contributed by atoms with van der Waals surface area (Å²) in [6.07, 6.45) is 1.46. The maximum Gasteiger partial charge on any atom is 0.162 e. The molecule has 7 nitrogen and oxygen atoms in total. The van der Waals surface area contributed by atoms with E-state index in [9.17, 15) is 4.39 Å². The number of methoxy groups -OCH3 is 1. The number of fused-ring (bicyclic) bond motifs is 1. The number of halogens is 2. The standard InChI is InChI=1S/C21H23ClFN5O2/c1-29-19-12-18-15(11-20(19)30-9-8-28-6-4-24-5-7-28)21(26-13-25-18)27-14-2-3-17(23)16(22)10-14/h2-3,10-13,24H,4-9H2,1H3,(H,25,26,27). The largest absolute Gasteiger partial charge is 0.493 e. The quantitative estimate of drug-likeness (QED) is 0.593. The molecule has 0 amide bonds. The van der Waals surface area contributed by atoms with Crippen LogP contribution in [0.5, 0.6) is 11.5 Å². The van der Waals surface area contributed by atoms with Crippen LogP contribution >= 0.6 is 11.6 Å². The van der Waals surface area contributed by atoms with Gasteiger partial charge in [-0.2, -0.15) is 0 Å². The minimum atomic E-state index is -0.473. The van der Waals surface area contributed by atoms with Gasteiger partial charge in [0.25, 0.3) is 0 Å². The van der Waals surface area contributed by atoms with E-state index in [2.05, 4.69) is 25.5 Å². The number of piperazine rings is 1. The predicted molar refractivity (Wildman–Crippen MR) is 116 cm³/mol. The fraction of sp³-hybridized carbons (Fsp3) is 0.333. The van der Waals surface area contributed by atoms with Gasteiger partial charge in [0.2, 0.25) is 0 Å². The predicted octanol–water partition coefficient (Wildman–Crippen LogP) is 3.46. The van der Waals surface area contributed by atoms with Gasteiger partial charge >= 0.3 is 0 Å². The Bertz CT molecular complexity index is 1030. The molecular formula is C21H23ClFN5O2. The lowest BCUT2D eigenvalue weighted by molar-refractivity contribution is 0.188. The fourth-order valence-electron chi connectivity index (χ4n) is 3.37. The van der Waals surface area contributed by atoms with Crippen LogP contribution in [0.2, 0.25) is 5.02 Å². The molecule has 1 fully saturated rings. The maximum absolute atomic E-state index is 13.5. The second-order valence-electron chi connectivity index (χ2n) is 6.94. The Morgan fingerprint density at radius 3 is 2.77 bits per heavy atom. The van der Waals surface area contributed by atoms with Gasteiger partial charge in [-0.1, -0.05) is 11.6 Å². The molecule has 0 bridgehead atoms. The van der Waals surface area contributed by atoms with E-state index in [1.165, 1.54) is 18.5 Å². The molecule has 158 valence electrons. The second kappa shape index (κ2) is 9.42. The SMILES string of the molecule is COc1cc2ncnc(Nc3ccc(F)c(Cl)c3)c2cc1OCCN1CCNCC1. The minimum Gasteiger partial charge on any atom is -0.493 e. The Balaban J connectivity index is 1.57. The third kappa shape index (κ3) is 4.72. The van der Waals surface area contributed by atoms with E-state index in [0.717, 1.165) is 38.1 Å². The first-order valence-corrected chi connectivity index (χ1v) is 10.1. The highest BCUT2D eigenvalue weighted by molar-refractivity contribution is 6.31. The Kier molecular flexibility index (Phi) is 6.47. The van der Waals surface area contributed by atoms with Crippen molar-refractivity contribution in [3.63, 3.8) is 0 Å². The first-order valence-electron chi connectivity index (χ1n) is 9.75. The zero-order valence-electron chi connectivity index (χ0n) is 16.6. The van der Waals surface area contributed by atoms with Gasteiger partial charge in [0, 0.05) is 49.9 Å². The highest BCUT2D eigenvalue weighted by Crippen LogP contribution is 2.35. The lowest BCUT2D eigenvalue weighted by Crippen LogP contribution is -2.44. The lowest BCUT2D eigenvalue weighted by atomic mass is 10.2. The summed E-state index contributed by atoms with van der Waals surface area (Å²) < 4.78 is 25.0. The van der Waals surface area contributed by atoms with Gasteiger partial charge in [-0.3, -0.25) is 4.90 Å². The summed E-state index contributed by atoms with van der Waals surface area (Å²) >= 11 is 5.89. The molecule has 1 aromatic heterocycles. The molecule has 0 atom stereocenters. The topological polar surface area (TPSA) is 71.5 Å². The molecule has 0 spiro atoms. The van der Waals surface area contributed by atoms with Crippen molar-refractivity contribution in [1.82, 2.24) is 20.2 Å². The van der Waals surface area contributed by atoms with Crippen molar-refractivity contribution in [1.29, 1.82) is 0 Å². The Labute approximate surface area is 179 Å². The number of benzene rings is 2. The summed E-state index contributed by atoms with van der Waals surface area (Å²) in [5.41, 5.74) is 1.32. The zero-order chi connectivity index (χ0) is 20.9. The number of rotatable bonds is 7. The van der Waals surface area contributed by atoms with Crippen molar-refractivity contribution < 1.29 is 13.9 Å². The Morgan fingerprint density at radius 1 is 1.17 bits per heavy atom. The number of hydrogen-bond acceptors (Lipinski definition) is 7. The smallest absolute Gasteiger partial charge is 0.162 e. The Hall–Kier alpha value is -2.68. The van der Waals surface area contributed by atoms with Gasteiger partial charge in [0.1, 0.15) is 24.6 Å². The average Bonchev–Trinajstić information content (AvgIpc) is 2.77. The van der Waals surface area contributed by atoms with Gasteiger partial charge in [0.05, 0.1) is 17.6 Å². The van der Waals surface area contributed by atoms with Crippen LogP contribution in [-0.2, 0) is 0 Å². The van der Waals surface area contributed by atoms with Crippen LogP contribution in [0.3, 0.4) is 0 Å². The molecule has 1 aliphatic heterocycles. The summed E-state index contributed by atoms with van der Waals surface area (Å²) in [4.78, 5) is 11.0. The molecule has 1 aliphatic rings. The van der Waals surface area contributed by atoms with Crippen molar-refractivity contribution in [3.8, 4) is 11.5 Å². The highest BCUT2D eigenvalue weighted by Gasteiger charge is 2.14. The molecule has 0 aliphatic carbocycles. The number of anilines is 2. The summed E-state index contributed by atoms with van der Waals surface area (Å²) in [6.45, 7) is 5.41. The fourth-order valence-corrected chi connectivity index (χ4v) is 3.55. The van der Waals surface area contributed by atoms with Gasteiger partial charge in [-0.25, -0.2) is 14.4 Å². The monoisotopic (exact) mass is 431 g/mol. The average molecular weight is 432 g/mol. The molecule has 4 rings (SSSR count). The Morgan fingerprint density at radius 2 is 2.00 bits per heavy atom. The van der Waals surface area contributed by atoms with Crippen LogP contribution in [0.15, 0.2) is 36.7 Å². The van der Waals surface area contributed by atoms with Crippen LogP contribution in [0.1, 0.15) is 0 Å². The van der Waals surface area contributed by atoms with Gasteiger partial charge in [-0.15, -0.1) is 0 Å². The third-order valence-corrected chi connectivity index (χ3v) is 5.27. The molecule has 3 aromatic rings. The van der Waals surface area contributed by atoms with Crippen molar-refractivity contribution in [2.75, 3.05) is 51.8 Å². The molecule has 0 saturated carbocycles. The van der Waals surface area contributed by atoms with Crippen molar-refractivity contribution in [2.24, 2.45) is 0 Å². The number of nitrogens with one attached hydrogen (secondary N) is 2. The number of hydrogen-bond donors (Lipinski definition) is 2. The summed E-state index contributed by atoms with van der Waals surface area (Å²) in [5, 5.41) is 7.31. The summed E-state index contributed by atoms with van der Waals surface area (Å²) in [5.74, 6) is 1.32. The van der Waals surface area contributed by atoms with E-state index < -0.39 is 5.82 Å². The van der Waals surface area contributed by atoms with Crippen LogP contribution in [0, 0.1) is 5.82 Å². The normalized spacial score (nSPS) is 14.6. The molecule has 2 N–H and O–H groups in total. The van der Waals surface area contributed by atoms with Crippen molar-refractivity contribution >= 4 is 34.0 Å². The van der Waals surface area contributed by atoms with E-state index in [1.807, 2.05) is 12.1 Å². The van der Waals surface area contributed by atoms with Gasteiger partial charge < -0.3 is 20.1 Å². The number of nitrogens with zero attached hydrogens (tertiary/aromatic N) is 3. The van der Waals surface area contributed by atoms with E-state index in [1.54, 1.807) is 13.2 Å². The number of ether oxygens (including phenoxy) is 2. The molecule has 0 radical (unpaired) electrons. The molecule has 2 aromatic carbocycles. The van der Waals surface area contributed by atoms with Crippen LogP contribution in [-0.4, -0.2) is 61.3 Å². The van der Waals surface area contributed by atoms with E-state index in [4.69, 9.17) is 21.1 Å². The molecule has 1 saturated heterocycles.